The number of hydrogen-bond donors (Lipinski definition) is 1. The largest absolute Gasteiger partial charge is 0.353 e. The summed E-state index contributed by atoms with van der Waals surface area (Å²) in [5.41, 5.74) is 4.58. The SMILES string of the molecule is Cn1nc(CNC=O)c(CCc2cccc(Cl)c2Cl)c1-c1cncnc1. The molecule has 134 valence electrons. The molecule has 0 unspecified atom stereocenters. The minimum absolute atomic E-state index is 0.351. The summed E-state index contributed by atoms with van der Waals surface area (Å²) in [5, 5.41) is 8.34. The predicted octanol–water partition coefficient (Wildman–Crippen LogP) is 3.22. The Balaban J connectivity index is 1.97. The molecule has 0 fully saturated rings. The molecule has 0 saturated heterocycles. The van der Waals surface area contributed by atoms with Gasteiger partial charge in [0.15, 0.2) is 0 Å². The van der Waals surface area contributed by atoms with E-state index in [-0.39, 0.29) is 0 Å². The normalized spacial score (nSPS) is 10.7. The van der Waals surface area contributed by atoms with E-state index < -0.39 is 0 Å². The minimum Gasteiger partial charge on any atom is -0.353 e. The fraction of sp³-hybridized carbons (Fsp3) is 0.222. The van der Waals surface area contributed by atoms with Crippen molar-refractivity contribution in [1.29, 1.82) is 0 Å². The van der Waals surface area contributed by atoms with Crippen LogP contribution in [0.1, 0.15) is 16.8 Å². The summed E-state index contributed by atoms with van der Waals surface area (Å²) in [7, 11) is 1.86. The third-order valence-corrected chi connectivity index (χ3v) is 4.95. The van der Waals surface area contributed by atoms with Crippen LogP contribution in [0.25, 0.3) is 11.3 Å². The monoisotopic (exact) mass is 389 g/mol. The summed E-state index contributed by atoms with van der Waals surface area (Å²) in [6.07, 6.45) is 7.03. The maximum atomic E-state index is 10.7. The van der Waals surface area contributed by atoms with Crippen LogP contribution in [-0.2, 0) is 31.2 Å². The summed E-state index contributed by atoms with van der Waals surface area (Å²) in [4.78, 5) is 18.9. The molecule has 0 spiro atoms. The van der Waals surface area contributed by atoms with E-state index in [1.54, 1.807) is 23.1 Å². The molecule has 0 saturated carbocycles. The van der Waals surface area contributed by atoms with Crippen LogP contribution in [0, 0.1) is 0 Å². The van der Waals surface area contributed by atoms with E-state index in [0.29, 0.717) is 35.8 Å². The molecule has 2 aromatic heterocycles. The van der Waals surface area contributed by atoms with E-state index in [0.717, 1.165) is 28.1 Å². The van der Waals surface area contributed by atoms with Crippen LogP contribution < -0.4 is 5.32 Å². The van der Waals surface area contributed by atoms with Gasteiger partial charge in [-0.15, -0.1) is 0 Å². The van der Waals surface area contributed by atoms with Gasteiger partial charge in [-0.2, -0.15) is 5.10 Å². The Morgan fingerprint density at radius 1 is 1.19 bits per heavy atom. The van der Waals surface area contributed by atoms with E-state index in [2.05, 4.69) is 20.4 Å². The second kappa shape index (κ2) is 8.29. The van der Waals surface area contributed by atoms with Crippen molar-refractivity contribution in [1.82, 2.24) is 25.1 Å². The molecule has 1 aromatic carbocycles. The van der Waals surface area contributed by atoms with Crippen molar-refractivity contribution in [3.63, 3.8) is 0 Å². The van der Waals surface area contributed by atoms with Crippen LogP contribution in [0.2, 0.25) is 10.0 Å². The lowest BCUT2D eigenvalue weighted by Crippen LogP contribution is -2.12. The van der Waals surface area contributed by atoms with E-state index in [9.17, 15) is 4.79 Å². The number of carbonyl (C=O) groups is 1. The molecule has 26 heavy (non-hydrogen) atoms. The fourth-order valence-electron chi connectivity index (χ4n) is 2.95. The maximum Gasteiger partial charge on any atom is 0.207 e. The highest BCUT2D eigenvalue weighted by Crippen LogP contribution is 2.30. The van der Waals surface area contributed by atoms with Gasteiger partial charge in [0, 0.05) is 30.6 Å². The average molecular weight is 390 g/mol. The molecule has 6 nitrogen and oxygen atoms in total. The summed E-state index contributed by atoms with van der Waals surface area (Å²) in [6.45, 7) is 0.351. The van der Waals surface area contributed by atoms with Crippen molar-refractivity contribution in [3.8, 4) is 11.3 Å². The van der Waals surface area contributed by atoms with Gasteiger partial charge in [0.2, 0.25) is 6.41 Å². The van der Waals surface area contributed by atoms with Gasteiger partial charge in [-0.3, -0.25) is 9.48 Å². The van der Waals surface area contributed by atoms with Gasteiger partial charge in [0.1, 0.15) is 6.33 Å². The number of aromatic nitrogens is 4. The number of nitrogens with one attached hydrogen (secondary N) is 1. The highest BCUT2D eigenvalue weighted by molar-refractivity contribution is 6.42. The van der Waals surface area contributed by atoms with E-state index in [4.69, 9.17) is 23.2 Å². The van der Waals surface area contributed by atoms with Crippen LogP contribution in [0.4, 0.5) is 0 Å². The number of rotatable bonds is 7. The Labute approximate surface area is 161 Å². The summed E-state index contributed by atoms with van der Waals surface area (Å²) in [6, 6.07) is 5.61. The van der Waals surface area contributed by atoms with Crippen molar-refractivity contribution in [2.24, 2.45) is 7.05 Å². The van der Waals surface area contributed by atoms with E-state index in [1.807, 2.05) is 19.2 Å². The van der Waals surface area contributed by atoms with Gasteiger partial charge < -0.3 is 5.32 Å². The minimum atomic E-state index is 0.351. The van der Waals surface area contributed by atoms with Gasteiger partial charge in [0.25, 0.3) is 0 Å². The first-order valence-electron chi connectivity index (χ1n) is 8.02. The number of benzene rings is 1. The van der Waals surface area contributed by atoms with Crippen molar-refractivity contribution in [2.75, 3.05) is 0 Å². The Morgan fingerprint density at radius 2 is 1.96 bits per heavy atom. The smallest absolute Gasteiger partial charge is 0.207 e. The first kappa shape index (κ1) is 18.4. The Bertz CT molecular complexity index is 911. The first-order valence-corrected chi connectivity index (χ1v) is 8.77. The van der Waals surface area contributed by atoms with Crippen LogP contribution in [0.15, 0.2) is 36.9 Å². The quantitative estimate of drug-likeness (QED) is 0.629. The molecule has 0 aliphatic heterocycles. The van der Waals surface area contributed by atoms with Gasteiger partial charge in [-0.05, 0) is 24.5 Å². The average Bonchev–Trinajstić information content (AvgIpc) is 2.97. The lowest BCUT2D eigenvalue weighted by molar-refractivity contribution is -0.109. The number of nitrogens with zero attached hydrogens (tertiary/aromatic N) is 4. The summed E-state index contributed by atoms with van der Waals surface area (Å²) in [5.74, 6) is 0. The Morgan fingerprint density at radius 3 is 2.69 bits per heavy atom. The molecular formula is C18H17Cl2N5O. The zero-order valence-corrected chi connectivity index (χ0v) is 15.6. The standard InChI is InChI=1S/C18H17Cl2N5O/c1-25-18(13-7-21-10-22-8-13)14(16(24-25)9-23-11-26)6-5-12-3-2-4-15(19)17(12)20/h2-4,7-8,10-11H,5-6,9H2,1H3,(H,23,26). The molecule has 2 heterocycles. The van der Waals surface area contributed by atoms with Crippen LogP contribution >= 0.6 is 23.2 Å². The molecule has 0 atom stereocenters. The number of amides is 1. The molecule has 3 rings (SSSR count). The highest BCUT2D eigenvalue weighted by Gasteiger charge is 2.18. The molecule has 1 N–H and O–H groups in total. The third-order valence-electron chi connectivity index (χ3n) is 4.09. The molecular weight excluding hydrogens is 373 g/mol. The second-order valence-electron chi connectivity index (χ2n) is 5.74. The predicted molar refractivity (Wildman–Crippen MR) is 101 cm³/mol. The highest BCUT2D eigenvalue weighted by atomic mass is 35.5. The number of aryl methyl sites for hydroxylation is 2. The Kier molecular flexibility index (Phi) is 5.85. The van der Waals surface area contributed by atoms with Crippen molar-refractivity contribution < 1.29 is 4.79 Å². The van der Waals surface area contributed by atoms with Gasteiger partial charge in [-0.25, -0.2) is 9.97 Å². The maximum absolute atomic E-state index is 10.7. The lowest BCUT2D eigenvalue weighted by atomic mass is 10.00. The van der Waals surface area contributed by atoms with Crippen molar-refractivity contribution in [2.45, 2.75) is 19.4 Å². The zero-order valence-electron chi connectivity index (χ0n) is 14.1. The molecule has 0 radical (unpaired) electrons. The number of hydrogen-bond acceptors (Lipinski definition) is 4. The van der Waals surface area contributed by atoms with Gasteiger partial charge in [-0.1, -0.05) is 35.3 Å². The molecule has 3 aromatic rings. The molecule has 1 amide bonds. The van der Waals surface area contributed by atoms with Crippen LogP contribution in [0.5, 0.6) is 0 Å². The fourth-order valence-corrected chi connectivity index (χ4v) is 3.36. The molecule has 0 aliphatic carbocycles. The van der Waals surface area contributed by atoms with Crippen molar-refractivity contribution >= 4 is 29.6 Å². The van der Waals surface area contributed by atoms with Crippen LogP contribution in [-0.4, -0.2) is 26.2 Å². The van der Waals surface area contributed by atoms with E-state index in [1.165, 1.54) is 6.33 Å². The second-order valence-corrected chi connectivity index (χ2v) is 6.52. The van der Waals surface area contributed by atoms with Gasteiger partial charge in [0.05, 0.1) is 28.0 Å². The third kappa shape index (κ3) is 3.86. The topological polar surface area (TPSA) is 72.7 Å². The Hall–Kier alpha value is -2.44. The zero-order chi connectivity index (χ0) is 18.5. The van der Waals surface area contributed by atoms with Crippen molar-refractivity contribution in [3.05, 3.63) is 63.8 Å². The van der Waals surface area contributed by atoms with Gasteiger partial charge >= 0.3 is 0 Å². The number of carbonyl (C=O) groups excluding carboxylic acids is 1. The summed E-state index contributed by atoms with van der Waals surface area (Å²) >= 11 is 12.4. The lowest BCUT2D eigenvalue weighted by Gasteiger charge is -2.09. The summed E-state index contributed by atoms with van der Waals surface area (Å²) < 4.78 is 1.79. The van der Waals surface area contributed by atoms with E-state index >= 15 is 0 Å². The molecule has 0 bridgehead atoms. The van der Waals surface area contributed by atoms with Crippen LogP contribution in [0.3, 0.4) is 0 Å². The molecule has 0 aliphatic rings. The molecule has 8 heteroatoms. The first-order chi connectivity index (χ1) is 12.6. The number of halogens is 2.